The van der Waals surface area contributed by atoms with Gasteiger partial charge in [0, 0.05) is 31.6 Å². The molecule has 14 heavy (non-hydrogen) atoms. The molecule has 2 nitrogen and oxygen atoms in total. The van der Waals surface area contributed by atoms with Crippen LogP contribution in [0.5, 0.6) is 0 Å². The molecule has 0 aliphatic heterocycles. The van der Waals surface area contributed by atoms with Crippen LogP contribution in [0.3, 0.4) is 0 Å². The molecule has 0 atom stereocenters. The highest BCUT2D eigenvalue weighted by molar-refractivity contribution is 9.09. The Bertz CT molecular complexity index is 190. The van der Waals surface area contributed by atoms with E-state index >= 15 is 0 Å². The van der Waals surface area contributed by atoms with Gasteiger partial charge in [0.05, 0.1) is 6.61 Å². The Morgan fingerprint density at radius 2 is 2.14 bits per heavy atom. The summed E-state index contributed by atoms with van der Waals surface area (Å²) in [5.74, 6) is 0. The SMILES string of the molecule is COCCN(CC1(CBr)CC1)C1CC1. The predicted molar refractivity (Wildman–Crippen MR) is 61.9 cm³/mol. The van der Waals surface area contributed by atoms with Crippen molar-refractivity contribution in [2.75, 3.05) is 32.1 Å². The van der Waals surface area contributed by atoms with Crippen molar-refractivity contribution < 1.29 is 4.74 Å². The van der Waals surface area contributed by atoms with E-state index in [9.17, 15) is 0 Å². The number of hydrogen-bond donors (Lipinski definition) is 0. The van der Waals surface area contributed by atoms with Crippen molar-refractivity contribution in [3.05, 3.63) is 0 Å². The van der Waals surface area contributed by atoms with Gasteiger partial charge >= 0.3 is 0 Å². The van der Waals surface area contributed by atoms with Crippen molar-refractivity contribution in [3.63, 3.8) is 0 Å². The largest absolute Gasteiger partial charge is 0.383 e. The summed E-state index contributed by atoms with van der Waals surface area (Å²) in [5, 5.41) is 1.18. The minimum absolute atomic E-state index is 0.621. The van der Waals surface area contributed by atoms with Gasteiger partial charge in [0.2, 0.25) is 0 Å². The summed E-state index contributed by atoms with van der Waals surface area (Å²) < 4.78 is 5.17. The fraction of sp³-hybridized carbons (Fsp3) is 1.00. The molecule has 0 heterocycles. The molecule has 2 saturated carbocycles. The smallest absolute Gasteiger partial charge is 0.0589 e. The first-order valence-electron chi connectivity index (χ1n) is 5.59. The van der Waals surface area contributed by atoms with Crippen LogP contribution in [-0.2, 0) is 4.74 Å². The molecule has 0 spiro atoms. The average molecular weight is 262 g/mol. The second-order valence-corrected chi connectivity index (χ2v) is 5.39. The molecule has 0 amide bonds. The molecular formula is C11H20BrNO. The maximum Gasteiger partial charge on any atom is 0.0589 e. The lowest BCUT2D eigenvalue weighted by Gasteiger charge is -2.26. The van der Waals surface area contributed by atoms with E-state index in [0.717, 1.165) is 19.2 Å². The lowest BCUT2D eigenvalue weighted by atomic mass is 10.1. The van der Waals surface area contributed by atoms with Gasteiger partial charge in [-0.1, -0.05) is 15.9 Å². The third-order valence-electron chi connectivity index (χ3n) is 3.42. The lowest BCUT2D eigenvalue weighted by Crippen LogP contribution is -2.35. The standard InChI is InChI=1S/C11H20BrNO/c1-14-7-6-13(10-2-3-10)9-11(8-12)4-5-11/h10H,2-9H2,1H3. The van der Waals surface area contributed by atoms with Crippen LogP contribution in [0.4, 0.5) is 0 Å². The van der Waals surface area contributed by atoms with Crippen LogP contribution in [0, 0.1) is 5.41 Å². The van der Waals surface area contributed by atoms with E-state index in [2.05, 4.69) is 20.8 Å². The normalized spacial score (nSPS) is 24.2. The van der Waals surface area contributed by atoms with E-state index in [4.69, 9.17) is 4.74 Å². The van der Waals surface area contributed by atoms with Gasteiger partial charge in [-0.25, -0.2) is 0 Å². The van der Waals surface area contributed by atoms with Crippen LogP contribution in [0.2, 0.25) is 0 Å². The Balaban J connectivity index is 1.78. The number of rotatable bonds is 7. The van der Waals surface area contributed by atoms with Crippen molar-refractivity contribution in [3.8, 4) is 0 Å². The maximum absolute atomic E-state index is 5.17. The molecule has 2 fully saturated rings. The third kappa shape index (κ3) is 2.71. The molecule has 0 bridgehead atoms. The van der Waals surface area contributed by atoms with Crippen molar-refractivity contribution >= 4 is 15.9 Å². The Hall–Kier alpha value is 0.400. The van der Waals surface area contributed by atoms with Gasteiger partial charge in [0.25, 0.3) is 0 Å². The van der Waals surface area contributed by atoms with Gasteiger partial charge in [0.15, 0.2) is 0 Å². The van der Waals surface area contributed by atoms with Crippen LogP contribution in [-0.4, -0.2) is 43.1 Å². The predicted octanol–water partition coefficient (Wildman–Crippen LogP) is 2.27. The fourth-order valence-electron chi connectivity index (χ4n) is 1.98. The Kier molecular flexibility index (Phi) is 3.50. The number of methoxy groups -OCH3 is 1. The number of halogens is 1. The average Bonchev–Trinajstić information content (AvgIpc) is 3.04. The van der Waals surface area contributed by atoms with E-state index in [1.54, 1.807) is 7.11 Å². The summed E-state index contributed by atoms with van der Waals surface area (Å²) >= 11 is 3.64. The molecular weight excluding hydrogens is 242 g/mol. The first-order valence-corrected chi connectivity index (χ1v) is 6.71. The molecule has 0 radical (unpaired) electrons. The molecule has 2 rings (SSSR count). The zero-order chi connectivity index (χ0) is 10.0. The number of ether oxygens (including phenoxy) is 1. The first-order chi connectivity index (χ1) is 6.79. The molecule has 0 saturated heterocycles. The Morgan fingerprint density at radius 3 is 2.57 bits per heavy atom. The Labute approximate surface area is 95.1 Å². The highest BCUT2D eigenvalue weighted by Crippen LogP contribution is 2.48. The maximum atomic E-state index is 5.17. The van der Waals surface area contributed by atoms with Crippen LogP contribution in [0.1, 0.15) is 25.7 Å². The molecule has 2 aliphatic rings. The van der Waals surface area contributed by atoms with E-state index in [-0.39, 0.29) is 0 Å². The summed E-state index contributed by atoms with van der Waals surface area (Å²) in [4.78, 5) is 2.64. The van der Waals surface area contributed by atoms with E-state index in [1.165, 1.54) is 37.6 Å². The zero-order valence-corrected chi connectivity index (χ0v) is 10.6. The highest BCUT2D eigenvalue weighted by Gasteiger charge is 2.44. The summed E-state index contributed by atoms with van der Waals surface area (Å²) in [6.07, 6.45) is 5.63. The zero-order valence-electron chi connectivity index (χ0n) is 8.97. The molecule has 82 valence electrons. The summed E-state index contributed by atoms with van der Waals surface area (Å²) in [7, 11) is 1.79. The third-order valence-corrected chi connectivity index (χ3v) is 4.61. The molecule has 2 aliphatic carbocycles. The quantitative estimate of drug-likeness (QED) is 0.653. The van der Waals surface area contributed by atoms with Crippen LogP contribution in [0.15, 0.2) is 0 Å². The number of alkyl halides is 1. The van der Waals surface area contributed by atoms with Crippen LogP contribution in [0.25, 0.3) is 0 Å². The topological polar surface area (TPSA) is 12.5 Å². The minimum Gasteiger partial charge on any atom is -0.383 e. The molecule has 0 aromatic carbocycles. The first kappa shape index (κ1) is 10.9. The Morgan fingerprint density at radius 1 is 1.43 bits per heavy atom. The van der Waals surface area contributed by atoms with Gasteiger partial charge in [-0.2, -0.15) is 0 Å². The molecule has 0 unspecified atom stereocenters. The van der Waals surface area contributed by atoms with Crippen molar-refractivity contribution in [1.29, 1.82) is 0 Å². The van der Waals surface area contributed by atoms with Crippen molar-refractivity contribution in [2.24, 2.45) is 5.41 Å². The van der Waals surface area contributed by atoms with Gasteiger partial charge < -0.3 is 4.74 Å². The van der Waals surface area contributed by atoms with Crippen LogP contribution < -0.4 is 0 Å². The molecule has 0 N–H and O–H groups in total. The number of nitrogens with zero attached hydrogens (tertiary/aromatic N) is 1. The van der Waals surface area contributed by atoms with E-state index < -0.39 is 0 Å². The van der Waals surface area contributed by atoms with Crippen LogP contribution >= 0.6 is 15.9 Å². The van der Waals surface area contributed by atoms with Gasteiger partial charge in [-0.3, -0.25) is 4.90 Å². The highest BCUT2D eigenvalue weighted by atomic mass is 79.9. The van der Waals surface area contributed by atoms with Gasteiger partial charge in [-0.15, -0.1) is 0 Å². The fourth-order valence-corrected chi connectivity index (χ4v) is 2.72. The molecule has 0 aromatic rings. The second-order valence-electron chi connectivity index (χ2n) is 4.83. The monoisotopic (exact) mass is 261 g/mol. The minimum atomic E-state index is 0.621. The summed E-state index contributed by atoms with van der Waals surface area (Å²) in [6, 6.07) is 0.877. The number of hydrogen-bond acceptors (Lipinski definition) is 2. The van der Waals surface area contributed by atoms with E-state index in [0.29, 0.717) is 5.41 Å². The van der Waals surface area contributed by atoms with Crippen molar-refractivity contribution in [1.82, 2.24) is 4.90 Å². The van der Waals surface area contributed by atoms with Crippen molar-refractivity contribution in [2.45, 2.75) is 31.7 Å². The molecule has 0 aromatic heterocycles. The van der Waals surface area contributed by atoms with E-state index in [1.807, 2.05) is 0 Å². The lowest BCUT2D eigenvalue weighted by molar-refractivity contribution is 0.131. The molecule has 3 heteroatoms. The second kappa shape index (κ2) is 4.50. The summed E-state index contributed by atoms with van der Waals surface area (Å²) in [5.41, 5.74) is 0.621. The van der Waals surface area contributed by atoms with Gasteiger partial charge in [0.1, 0.15) is 0 Å². The summed E-state index contributed by atoms with van der Waals surface area (Å²) in [6.45, 7) is 3.29. The van der Waals surface area contributed by atoms with Gasteiger partial charge in [-0.05, 0) is 31.1 Å².